The summed E-state index contributed by atoms with van der Waals surface area (Å²) >= 11 is 0. The lowest BCUT2D eigenvalue weighted by atomic mass is 10.1. The Morgan fingerprint density at radius 1 is 1.00 bits per heavy atom. The van der Waals surface area contributed by atoms with Crippen LogP contribution in [0, 0.1) is 0 Å². The zero-order chi connectivity index (χ0) is 15.3. The number of nitrogens with one attached hydrogen (secondary N) is 1. The van der Waals surface area contributed by atoms with E-state index in [9.17, 15) is 0 Å². The van der Waals surface area contributed by atoms with Crippen LogP contribution in [0.3, 0.4) is 0 Å². The summed E-state index contributed by atoms with van der Waals surface area (Å²) < 4.78 is 6.03. The van der Waals surface area contributed by atoms with E-state index in [1.54, 1.807) is 0 Å². The van der Waals surface area contributed by atoms with E-state index in [1.165, 1.54) is 49.7 Å². The average Bonchev–Trinajstić information content (AvgIpc) is 2.51. The minimum Gasteiger partial charge on any atom is -0.374 e. The molecule has 0 saturated carbocycles. The van der Waals surface area contributed by atoms with Crippen LogP contribution in [0.2, 0.25) is 0 Å². The minimum atomic E-state index is 0.360. The molecule has 21 heavy (non-hydrogen) atoms. The molecule has 0 aliphatic carbocycles. The maximum atomic E-state index is 6.03. The van der Waals surface area contributed by atoms with Crippen molar-refractivity contribution in [3.05, 3.63) is 35.4 Å². The Labute approximate surface area is 131 Å². The van der Waals surface area contributed by atoms with Gasteiger partial charge in [0, 0.05) is 6.54 Å². The molecule has 0 radical (unpaired) electrons. The summed E-state index contributed by atoms with van der Waals surface area (Å²) in [7, 11) is 0. The Kier molecular flexibility index (Phi) is 10.2. The van der Waals surface area contributed by atoms with Crippen molar-refractivity contribution in [3.63, 3.8) is 0 Å². The number of rotatable bonds is 12. The van der Waals surface area contributed by atoms with Crippen molar-refractivity contribution < 1.29 is 4.74 Å². The normalized spacial score (nSPS) is 12.5. The molecule has 1 aromatic rings. The van der Waals surface area contributed by atoms with Gasteiger partial charge in [0.2, 0.25) is 0 Å². The Hall–Kier alpha value is -0.860. The highest BCUT2D eigenvalue weighted by Crippen LogP contribution is 2.14. The van der Waals surface area contributed by atoms with E-state index in [4.69, 9.17) is 4.74 Å². The summed E-state index contributed by atoms with van der Waals surface area (Å²) in [4.78, 5) is 0. The molecule has 0 fully saturated rings. The highest BCUT2D eigenvalue weighted by atomic mass is 16.5. The molecule has 0 aliphatic rings. The molecule has 1 unspecified atom stereocenters. The molecule has 0 saturated heterocycles. The molecule has 2 heteroatoms. The fourth-order valence-electron chi connectivity index (χ4n) is 2.44. The van der Waals surface area contributed by atoms with Crippen molar-refractivity contribution in [2.75, 3.05) is 6.54 Å². The van der Waals surface area contributed by atoms with E-state index in [0.29, 0.717) is 6.10 Å². The number of hydrogen-bond donors (Lipinski definition) is 1. The van der Waals surface area contributed by atoms with Gasteiger partial charge in [-0.2, -0.15) is 0 Å². The smallest absolute Gasteiger partial charge is 0.0723 e. The second-order valence-corrected chi connectivity index (χ2v) is 5.92. The van der Waals surface area contributed by atoms with E-state index in [2.05, 4.69) is 50.4 Å². The first-order chi connectivity index (χ1) is 10.3. The van der Waals surface area contributed by atoms with Crippen LogP contribution >= 0.6 is 0 Å². The molecular formula is C19H33NO. The van der Waals surface area contributed by atoms with Gasteiger partial charge in [-0.25, -0.2) is 0 Å². The summed E-state index contributed by atoms with van der Waals surface area (Å²) in [6.45, 7) is 9.40. The average molecular weight is 291 g/mol. The molecule has 120 valence electrons. The van der Waals surface area contributed by atoms with Gasteiger partial charge in [0.05, 0.1) is 12.7 Å². The largest absolute Gasteiger partial charge is 0.374 e. The molecule has 1 atom stereocenters. The molecule has 0 aliphatic heterocycles. The third-order valence-electron chi connectivity index (χ3n) is 3.85. The Bertz CT molecular complexity index is 364. The zero-order valence-electron chi connectivity index (χ0n) is 14.2. The third kappa shape index (κ3) is 8.23. The van der Waals surface area contributed by atoms with Crippen molar-refractivity contribution in [1.82, 2.24) is 5.32 Å². The van der Waals surface area contributed by atoms with Crippen LogP contribution in [0.4, 0.5) is 0 Å². The fourth-order valence-corrected chi connectivity index (χ4v) is 2.44. The summed E-state index contributed by atoms with van der Waals surface area (Å²) in [6, 6.07) is 8.61. The van der Waals surface area contributed by atoms with Gasteiger partial charge in [-0.1, -0.05) is 63.8 Å². The number of unbranched alkanes of at least 4 members (excludes halogenated alkanes) is 3. The standard InChI is InChI=1S/C19H33NO/c1-4-6-7-8-11-17(3)21-16-19-13-10-9-12-18(19)15-20-14-5-2/h9-10,12-13,17,20H,4-8,11,14-16H2,1-3H3. The fraction of sp³-hybridized carbons (Fsp3) is 0.684. The second kappa shape index (κ2) is 11.8. The van der Waals surface area contributed by atoms with Crippen LogP contribution in [-0.2, 0) is 17.9 Å². The monoisotopic (exact) mass is 291 g/mol. The van der Waals surface area contributed by atoms with Crippen molar-refractivity contribution in [1.29, 1.82) is 0 Å². The molecule has 2 nitrogen and oxygen atoms in total. The molecule has 0 amide bonds. The predicted octanol–water partition coefficient (Wildman–Crippen LogP) is 5.06. The van der Waals surface area contributed by atoms with Gasteiger partial charge in [-0.05, 0) is 37.4 Å². The van der Waals surface area contributed by atoms with Crippen LogP contribution in [-0.4, -0.2) is 12.6 Å². The molecular weight excluding hydrogens is 258 g/mol. The van der Waals surface area contributed by atoms with E-state index < -0.39 is 0 Å². The van der Waals surface area contributed by atoms with Gasteiger partial charge in [-0.3, -0.25) is 0 Å². The predicted molar refractivity (Wildman–Crippen MR) is 91.4 cm³/mol. The molecule has 1 rings (SSSR count). The molecule has 0 spiro atoms. The van der Waals surface area contributed by atoms with Gasteiger partial charge < -0.3 is 10.1 Å². The Morgan fingerprint density at radius 3 is 2.48 bits per heavy atom. The van der Waals surface area contributed by atoms with Crippen molar-refractivity contribution in [3.8, 4) is 0 Å². The molecule has 1 aromatic carbocycles. The van der Waals surface area contributed by atoms with Crippen molar-refractivity contribution in [2.24, 2.45) is 0 Å². The SMILES string of the molecule is CCCCCCC(C)OCc1ccccc1CNCCC. The Balaban J connectivity index is 2.33. The number of ether oxygens (including phenoxy) is 1. The Morgan fingerprint density at radius 2 is 1.76 bits per heavy atom. The molecule has 0 bridgehead atoms. The summed E-state index contributed by atoms with van der Waals surface area (Å²) in [5.41, 5.74) is 2.69. The van der Waals surface area contributed by atoms with Gasteiger partial charge in [-0.15, -0.1) is 0 Å². The minimum absolute atomic E-state index is 0.360. The second-order valence-electron chi connectivity index (χ2n) is 5.92. The van der Waals surface area contributed by atoms with Crippen LogP contribution < -0.4 is 5.32 Å². The van der Waals surface area contributed by atoms with E-state index in [1.807, 2.05) is 0 Å². The summed E-state index contributed by atoms with van der Waals surface area (Å²) in [5.74, 6) is 0. The maximum Gasteiger partial charge on any atom is 0.0723 e. The van der Waals surface area contributed by atoms with Crippen LogP contribution in [0.15, 0.2) is 24.3 Å². The van der Waals surface area contributed by atoms with Gasteiger partial charge in [0.15, 0.2) is 0 Å². The lowest BCUT2D eigenvalue weighted by molar-refractivity contribution is 0.0455. The van der Waals surface area contributed by atoms with Crippen LogP contribution in [0.25, 0.3) is 0 Å². The third-order valence-corrected chi connectivity index (χ3v) is 3.85. The number of benzene rings is 1. The van der Waals surface area contributed by atoms with E-state index >= 15 is 0 Å². The lowest BCUT2D eigenvalue weighted by Crippen LogP contribution is -2.16. The number of hydrogen-bond acceptors (Lipinski definition) is 2. The van der Waals surface area contributed by atoms with Gasteiger partial charge in [0.1, 0.15) is 0 Å². The summed E-state index contributed by atoms with van der Waals surface area (Å²) in [6.07, 6.45) is 7.98. The van der Waals surface area contributed by atoms with Gasteiger partial charge in [0.25, 0.3) is 0 Å². The lowest BCUT2D eigenvalue weighted by Gasteiger charge is -2.15. The first kappa shape index (κ1) is 18.2. The van der Waals surface area contributed by atoms with E-state index in [0.717, 1.165) is 19.7 Å². The molecule has 0 heterocycles. The highest BCUT2D eigenvalue weighted by Gasteiger charge is 2.06. The first-order valence-corrected chi connectivity index (χ1v) is 8.67. The zero-order valence-corrected chi connectivity index (χ0v) is 14.2. The summed E-state index contributed by atoms with van der Waals surface area (Å²) in [5, 5.41) is 3.47. The van der Waals surface area contributed by atoms with Crippen molar-refractivity contribution in [2.45, 2.75) is 78.6 Å². The van der Waals surface area contributed by atoms with Crippen LogP contribution in [0.1, 0.15) is 70.4 Å². The topological polar surface area (TPSA) is 21.3 Å². The molecule has 0 aromatic heterocycles. The molecule has 1 N–H and O–H groups in total. The highest BCUT2D eigenvalue weighted by molar-refractivity contribution is 5.26. The quantitative estimate of drug-likeness (QED) is 0.543. The van der Waals surface area contributed by atoms with E-state index in [-0.39, 0.29) is 0 Å². The van der Waals surface area contributed by atoms with Crippen LogP contribution in [0.5, 0.6) is 0 Å². The first-order valence-electron chi connectivity index (χ1n) is 8.67. The van der Waals surface area contributed by atoms with Gasteiger partial charge >= 0.3 is 0 Å². The maximum absolute atomic E-state index is 6.03. The van der Waals surface area contributed by atoms with Crippen molar-refractivity contribution >= 4 is 0 Å².